The highest BCUT2D eigenvalue weighted by Gasteiger charge is 2.52. The fourth-order valence-electron chi connectivity index (χ4n) is 5.67. The Morgan fingerprint density at radius 1 is 0.935 bits per heavy atom. The highest BCUT2D eigenvalue weighted by atomic mass is 31.2. The van der Waals surface area contributed by atoms with E-state index in [1.165, 1.54) is 17.2 Å². The van der Waals surface area contributed by atoms with Gasteiger partial charge in [0, 0.05) is 5.92 Å². The van der Waals surface area contributed by atoms with Gasteiger partial charge in [-0.3, -0.25) is 28.0 Å². The lowest BCUT2D eigenvalue weighted by atomic mass is 10.0. The summed E-state index contributed by atoms with van der Waals surface area (Å²) in [6.45, 7) is -1.53. The lowest BCUT2D eigenvalue weighted by Gasteiger charge is -2.30. The largest absolute Gasteiger partial charge is 0.756 e. The van der Waals surface area contributed by atoms with Crippen LogP contribution in [0.2, 0.25) is 0 Å². The number of aromatic amines is 1. The third-order valence-corrected chi connectivity index (χ3v) is 10.1. The quantitative estimate of drug-likeness (QED) is 0.124. The smallest absolute Gasteiger partial charge is 0.328 e. The van der Waals surface area contributed by atoms with Crippen LogP contribution in [0.4, 0.5) is 11.8 Å². The topological polar surface area (TPSA) is 323 Å². The van der Waals surface area contributed by atoms with Crippen molar-refractivity contribution in [1.29, 1.82) is 0 Å². The molecule has 4 aromatic heterocycles. The molecule has 0 amide bonds. The molecule has 22 nitrogen and oxygen atoms in total. The number of aliphatic hydroxyl groups is 2. The Morgan fingerprint density at radius 2 is 1.61 bits per heavy atom. The maximum Gasteiger partial charge on any atom is 0.328 e. The van der Waals surface area contributed by atoms with Gasteiger partial charge in [0.1, 0.15) is 42.5 Å². The van der Waals surface area contributed by atoms with Crippen molar-refractivity contribution in [2.45, 2.75) is 50.4 Å². The van der Waals surface area contributed by atoms with Crippen molar-refractivity contribution < 1.29 is 52.2 Å². The van der Waals surface area contributed by atoms with E-state index in [-0.39, 0.29) is 41.5 Å². The highest BCUT2D eigenvalue weighted by molar-refractivity contribution is 7.52. The van der Waals surface area contributed by atoms with E-state index in [1.54, 1.807) is 0 Å². The van der Waals surface area contributed by atoms with E-state index in [0.717, 1.165) is 10.9 Å². The molecular formula is C22H29N10O12P2-. The number of nitrogens with zero attached hydrogens (tertiary/aromatic N) is 7. The number of nitrogens with one attached hydrogen (secondary N) is 1. The summed E-state index contributed by atoms with van der Waals surface area (Å²) in [5.41, 5.74) is 11.0. The van der Waals surface area contributed by atoms with Gasteiger partial charge in [0.2, 0.25) is 5.95 Å². The van der Waals surface area contributed by atoms with E-state index < -0.39 is 89.2 Å². The van der Waals surface area contributed by atoms with Gasteiger partial charge >= 0.3 is 7.60 Å². The normalized spacial score (nSPS) is 36.9. The fraction of sp³-hybridized carbons (Fsp3) is 0.545. The molecule has 0 aliphatic carbocycles. The Labute approximate surface area is 257 Å². The maximum atomic E-state index is 13.4. The van der Waals surface area contributed by atoms with Gasteiger partial charge in [0.15, 0.2) is 28.9 Å². The standard InChI is InChI=1S/C21H26N10O12P2.CH4/c22-15-10-16(25-4-24-15)30(5-26-10)19-7-3-44(35,36)39-2-9-14(43-45(37,38)40-1-8(41-19)12(7)32)13(33)20(42-9)31-6-27-11-17(31)28-21(23)29-18(11)34;/h4-9,12-14,19-20,32-33H,1-3H2,(H,35,36)(H,37,38)(H2,22,24,25)(H3,23,28,29,34);1H4/p-1/t7-,8+,9+,12?,13-,14?,19+,20+;/m0./s1. The van der Waals surface area contributed by atoms with Crippen molar-refractivity contribution >= 4 is 49.5 Å². The van der Waals surface area contributed by atoms with Crippen LogP contribution in [0.25, 0.3) is 22.3 Å². The molecule has 10 atom stereocenters. The highest BCUT2D eigenvalue weighted by Crippen LogP contribution is 2.53. The number of hydrogen-bond donors (Lipinski definition) is 6. The summed E-state index contributed by atoms with van der Waals surface area (Å²) in [6.07, 6.45) is -7.61. The first kappa shape index (κ1) is 32.5. The van der Waals surface area contributed by atoms with Gasteiger partial charge in [-0.2, -0.15) is 4.98 Å². The summed E-state index contributed by atoms with van der Waals surface area (Å²) in [7, 11) is -9.89. The van der Waals surface area contributed by atoms with Gasteiger partial charge in [-0.25, -0.2) is 19.9 Å². The molecule has 46 heavy (non-hydrogen) atoms. The Hall–Kier alpha value is -3.40. The van der Waals surface area contributed by atoms with Crippen molar-refractivity contribution in [2.24, 2.45) is 5.92 Å². The molecular weight excluding hydrogens is 658 g/mol. The fourth-order valence-corrected chi connectivity index (χ4v) is 8.03. The molecule has 8 N–H and O–H groups in total. The number of anilines is 2. The number of imidazole rings is 2. The first-order valence-electron chi connectivity index (χ1n) is 13.2. The van der Waals surface area contributed by atoms with E-state index in [2.05, 4.69) is 29.9 Å². The maximum absolute atomic E-state index is 13.4. The van der Waals surface area contributed by atoms with Crippen LogP contribution in [0.3, 0.4) is 0 Å². The predicted octanol–water partition coefficient (Wildman–Crippen LogP) is -2.02. The van der Waals surface area contributed by atoms with Crippen LogP contribution in [0.15, 0.2) is 23.8 Å². The van der Waals surface area contributed by atoms with Crippen LogP contribution < -0.4 is 21.9 Å². The summed E-state index contributed by atoms with van der Waals surface area (Å²) >= 11 is 0. The molecule has 24 heteroatoms. The van der Waals surface area contributed by atoms with Crippen molar-refractivity contribution in [2.75, 3.05) is 30.8 Å². The summed E-state index contributed by atoms with van der Waals surface area (Å²) in [4.78, 5) is 58.5. The number of nitrogen functional groups attached to an aromatic ring is 2. The van der Waals surface area contributed by atoms with E-state index >= 15 is 0 Å². The molecule has 7 rings (SSSR count). The molecule has 4 aromatic rings. The summed E-state index contributed by atoms with van der Waals surface area (Å²) < 4.78 is 56.2. The van der Waals surface area contributed by atoms with Gasteiger partial charge in [-0.05, 0) is 0 Å². The van der Waals surface area contributed by atoms with Crippen LogP contribution >= 0.6 is 15.4 Å². The van der Waals surface area contributed by atoms with Crippen molar-refractivity contribution in [3.05, 3.63) is 29.3 Å². The number of H-pyrrole nitrogens is 1. The van der Waals surface area contributed by atoms with Crippen LogP contribution in [-0.2, 0) is 32.2 Å². The molecule has 0 saturated carbocycles. The molecule has 3 saturated heterocycles. The zero-order chi connectivity index (χ0) is 31.8. The van der Waals surface area contributed by atoms with Gasteiger partial charge in [-0.15, -0.1) is 0 Å². The molecule has 4 unspecified atom stereocenters. The first-order chi connectivity index (χ1) is 21.3. The number of phosphoric acid groups is 1. The summed E-state index contributed by atoms with van der Waals surface area (Å²) in [5, 5.41) is 22.2. The average Bonchev–Trinajstić information content (AvgIpc) is 3.72. The predicted molar refractivity (Wildman–Crippen MR) is 151 cm³/mol. The molecule has 250 valence electrons. The number of fused-ring (bicyclic) bond motifs is 5. The van der Waals surface area contributed by atoms with Crippen molar-refractivity contribution in [3.8, 4) is 0 Å². The Kier molecular flexibility index (Phi) is 8.27. The third kappa shape index (κ3) is 5.60. The first-order valence-corrected chi connectivity index (χ1v) is 16.5. The van der Waals surface area contributed by atoms with Crippen LogP contribution in [0, 0.1) is 5.92 Å². The lowest BCUT2D eigenvalue weighted by Crippen LogP contribution is -2.37. The Bertz CT molecular complexity index is 1940. The zero-order valence-electron chi connectivity index (χ0n) is 22.7. The SMILES string of the molecule is C.Nc1nc2c(ncn2[C@@H]2O[C@@H]3COP(=O)(O)C[C@H]4C(O)[C@@H](COP(=O)([O-])OC3[C@@H]2O)O[C@H]4n2cnc3c(N)ncnc32)c(=O)[nH]1. The Balaban J connectivity index is 0.00000372. The molecule has 3 aliphatic rings. The summed E-state index contributed by atoms with van der Waals surface area (Å²) in [6, 6.07) is 0. The molecule has 0 spiro atoms. The number of ether oxygens (including phenoxy) is 2. The monoisotopic (exact) mass is 687 g/mol. The molecule has 2 bridgehead atoms. The van der Waals surface area contributed by atoms with E-state index in [4.69, 9.17) is 34.5 Å². The number of hydrogen-bond acceptors (Lipinski definition) is 18. The van der Waals surface area contributed by atoms with Gasteiger partial charge in [-0.1, -0.05) is 7.43 Å². The third-order valence-electron chi connectivity index (χ3n) is 7.73. The van der Waals surface area contributed by atoms with E-state index in [9.17, 15) is 33.9 Å². The zero-order valence-corrected chi connectivity index (χ0v) is 24.5. The Morgan fingerprint density at radius 3 is 2.37 bits per heavy atom. The minimum atomic E-state index is -5.28. The molecule has 0 aromatic carbocycles. The number of nitrogens with two attached hydrogens (primary N) is 2. The average molecular weight is 687 g/mol. The second kappa shape index (κ2) is 11.7. The van der Waals surface area contributed by atoms with Crippen LogP contribution in [0.5, 0.6) is 0 Å². The minimum absolute atomic E-state index is 0. The molecule has 0 radical (unpaired) electrons. The number of rotatable bonds is 2. The lowest BCUT2D eigenvalue weighted by molar-refractivity contribution is -0.236. The van der Waals surface area contributed by atoms with Crippen LogP contribution in [-0.4, -0.2) is 104 Å². The minimum Gasteiger partial charge on any atom is -0.756 e. The number of aromatic nitrogens is 8. The number of aliphatic hydroxyl groups excluding tert-OH is 2. The van der Waals surface area contributed by atoms with Crippen LogP contribution in [0.1, 0.15) is 19.9 Å². The molecule has 7 heterocycles. The second-order valence-corrected chi connectivity index (χ2v) is 13.8. The van der Waals surface area contributed by atoms with Crippen molar-refractivity contribution in [3.63, 3.8) is 0 Å². The van der Waals surface area contributed by atoms with E-state index in [0.29, 0.717) is 0 Å². The summed E-state index contributed by atoms with van der Waals surface area (Å²) in [5.74, 6) is -1.38. The van der Waals surface area contributed by atoms with E-state index in [1.807, 2.05) is 0 Å². The second-order valence-electron chi connectivity index (χ2n) is 10.6. The van der Waals surface area contributed by atoms with Crippen molar-refractivity contribution in [1.82, 2.24) is 39.0 Å². The van der Waals surface area contributed by atoms with Gasteiger partial charge in [0.05, 0.1) is 38.1 Å². The van der Waals surface area contributed by atoms with Gasteiger partial charge in [0.25, 0.3) is 13.4 Å². The van der Waals surface area contributed by atoms with Gasteiger partial charge < -0.3 is 54.5 Å². The molecule has 3 fully saturated rings. The molecule has 3 aliphatic heterocycles. The number of phosphoric ester groups is 1.